The number of hydrogen-bond donors (Lipinski definition) is 1. The third-order valence-corrected chi connectivity index (χ3v) is 4.56. The summed E-state index contributed by atoms with van der Waals surface area (Å²) in [7, 11) is 0. The summed E-state index contributed by atoms with van der Waals surface area (Å²) >= 11 is 0. The number of anilines is 1. The fraction of sp³-hybridized carbons (Fsp3) is 0.0400. The Kier molecular flexibility index (Phi) is 5.44. The number of hydrogen-bond acceptors (Lipinski definition) is 2. The molecule has 0 aromatic heterocycles. The molecule has 1 N–H and O–H groups in total. The number of ether oxygens (including phenoxy) is 1. The van der Waals surface area contributed by atoms with Crippen molar-refractivity contribution in [2.24, 2.45) is 0 Å². The second kappa shape index (κ2) is 8.33. The molecule has 0 heterocycles. The van der Waals surface area contributed by atoms with Gasteiger partial charge in [-0.2, -0.15) is 13.2 Å². The van der Waals surface area contributed by atoms with Crippen LogP contribution in [-0.2, 0) is 0 Å². The Labute approximate surface area is 172 Å². The Morgan fingerprint density at radius 1 is 0.567 bits per heavy atom. The van der Waals surface area contributed by atoms with Crippen LogP contribution in [0.2, 0.25) is 0 Å². The van der Waals surface area contributed by atoms with E-state index in [0.29, 0.717) is 5.75 Å². The molecule has 0 atom stereocenters. The minimum Gasteiger partial charge on any atom is -0.455 e. The third kappa shape index (κ3) is 4.46. The van der Waals surface area contributed by atoms with Gasteiger partial charge in [-0.1, -0.05) is 84.9 Å². The van der Waals surface area contributed by atoms with E-state index in [-0.39, 0.29) is 11.4 Å². The first kappa shape index (κ1) is 19.6. The van der Waals surface area contributed by atoms with Gasteiger partial charge in [-0.25, -0.2) is 0 Å². The molecule has 4 rings (SSSR count). The van der Waals surface area contributed by atoms with Gasteiger partial charge in [-0.05, 0) is 34.9 Å². The lowest BCUT2D eigenvalue weighted by molar-refractivity contribution is -0.100. The van der Waals surface area contributed by atoms with Gasteiger partial charge in [-0.15, -0.1) is 0 Å². The molecule has 0 unspecified atom stereocenters. The number of halogens is 3. The molecule has 0 aliphatic rings. The Bertz CT molecular complexity index is 1130. The number of alkyl halides is 3. The molecule has 0 fully saturated rings. The summed E-state index contributed by atoms with van der Waals surface area (Å²) in [6, 6.07) is 31.1. The lowest BCUT2D eigenvalue weighted by atomic mass is 9.94. The number of para-hydroxylation sites is 2. The first-order chi connectivity index (χ1) is 14.5. The van der Waals surface area contributed by atoms with Gasteiger partial charge in [-0.3, -0.25) is 5.32 Å². The molecule has 0 bridgehead atoms. The van der Waals surface area contributed by atoms with Crippen molar-refractivity contribution in [3.8, 4) is 33.8 Å². The molecule has 0 spiro atoms. The van der Waals surface area contributed by atoms with Crippen LogP contribution in [0.3, 0.4) is 0 Å². The van der Waals surface area contributed by atoms with E-state index >= 15 is 0 Å². The molecule has 30 heavy (non-hydrogen) atoms. The Morgan fingerprint density at radius 2 is 1.13 bits per heavy atom. The maximum absolute atomic E-state index is 12.9. The van der Waals surface area contributed by atoms with E-state index in [0.717, 1.165) is 22.3 Å². The zero-order chi connectivity index (χ0) is 21.0. The molecule has 0 amide bonds. The molecule has 4 aromatic rings. The average molecular weight is 405 g/mol. The van der Waals surface area contributed by atoms with Gasteiger partial charge in [0.15, 0.2) is 5.75 Å². The summed E-state index contributed by atoms with van der Waals surface area (Å²) in [4.78, 5) is 0. The molecule has 4 aromatic carbocycles. The van der Waals surface area contributed by atoms with E-state index in [4.69, 9.17) is 4.74 Å². The molecule has 150 valence electrons. The van der Waals surface area contributed by atoms with E-state index in [1.54, 1.807) is 17.4 Å². The molecular weight excluding hydrogens is 387 g/mol. The van der Waals surface area contributed by atoms with Crippen LogP contribution in [0.25, 0.3) is 22.3 Å². The van der Waals surface area contributed by atoms with Crippen molar-refractivity contribution in [3.05, 3.63) is 103 Å². The van der Waals surface area contributed by atoms with Gasteiger partial charge < -0.3 is 4.74 Å². The maximum Gasteiger partial charge on any atom is 0.482 e. The normalized spacial score (nSPS) is 11.2. The molecule has 0 aliphatic heterocycles. The van der Waals surface area contributed by atoms with Gasteiger partial charge in [0, 0.05) is 5.56 Å². The quantitative estimate of drug-likeness (QED) is 0.343. The van der Waals surface area contributed by atoms with Crippen LogP contribution in [-0.4, -0.2) is 6.30 Å². The molecule has 0 saturated heterocycles. The van der Waals surface area contributed by atoms with Crippen LogP contribution in [0.15, 0.2) is 103 Å². The van der Waals surface area contributed by atoms with Crippen molar-refractivity contribution in [2.75, 3.05) is 5.32 Å². The van der Waals surface area contributed by atoms with Crippen molar-refractivity contribution >= 4 is 5.69 Å². The number of benzene rings is 4. The smallest absolute Gasteiger partial charge is 0.455 e. The number of rotatable bonds is 5. The van der Waals surface area contributed by atoms with E-state index in [2.05, 4.69) is 0 Å². The van der Waals surface area contributed by atoms with Crippen LogP contribution >= 0.6 is 0 Å². The van der Waals surface area contributed by atoms with Crippen molar-refractivity contribution in [2.45, 2.75) is 6.30 Å². The SMILES string of the molecule is FC(F)(F)Nc1ccccc1Oc1cccc(-c2ccccc2)c1-c1ccccc1. The highest BCUT2D eigenvalue weighted by atomic mass is 19.4. The summed E-state index contributed by atoms with van der Waals surface area (Å²) in [6.45, 7) is 0. The molecule has 2 nitrogen and oxygen atoms in total. The van der Waals surface area contributed by atoms with Crippen LogP contribution in [0.4, 0.5) is 18.9 Å². The van der Waals surface area contributed by atoms with E-state index in [1.807, 2.05) is 72.8 Å². The third-order valence-electron chi connectivity index (χ3n) is 4.56. The van der Waals surface area contributed by atoms with E-state index < -0.39 is 6.30 Å². The highest BCUT2D eigenvalue weighted by Gasteiger charge is 2.28. The Hall–Kier alpha value is -3.73. The molecule has 0 radical (unpaired) electrons. The van der Waals surface area contributed by atoms with Crippen molar-refractivity contribution in [1.29, 1.82) is 0 Å². The predicted octanol–water partition coefficient (Wildman–Crippen LogP) is 7.74. The van der Waals surface area contributed by atoms with Crippen LogP contribution in [0.5, 0.6) is 11.5 Å². The van der Waals surface area contributed by atoms with Gasteiger partial charge in [0.1, 0.15) is 5.75 Å². The first-order valence-electron chi connectivity index (χ1n) is 9.37. The molecular formula is C25H18F3NO. The van der Waals surface area contributed by atoms with Crippen LogP contribution < -0.4 is 10.1 Å². The summed E-state index contributed by atoms with van der Waals surface area (Å²) < 4.78 is 44.8. The summed E-state index contributed by atoms with van der Waals surface area (Å²) in [5.74, 6) is 0.566. The van der Waals surface area contributed by atoms with Crippen LogP contribution in [0.1, 0.15) is 0 Å². The zero-order valence-electron chi connectivity index (χ0n) is 15.9. The van der Waals surface area contributed by atoms with Gasteiger partial charge >= 0.3 is 6.30 Å². The van der Waals surface area contributed by atoms with Gasteiger partial charge in [0.2, 0.25) is 0 Å². The summed E-state index contributed by atoms with van der Waals surface area (Å²) in [5.41, 5.74) is 3.50. The monoisotopic (exact) mass is 405 g/mol. The minimum atomic E-state index is -4.56. The van der Waals surface area contributed by atoms with Crippen molar-refractivity contribution in [1.82, 2.24) is 0 Å². The van der Waals surface area contributed by atoms with E-state index in [1.165, 1.54) is 18.2 Å². The zero-order valence-corrected chi connectivity index (χ0v) is 15.9. The summed E-state index contributed by atoms with van der Waals surface area (Å²) in [6.07, 6.45) is -4.56. The predicted molar refractivity (Wildman–Crippen MR) is 114 cm³/mol. The topological polar surface area (TPSA) is 21.3 Å². The van der Waals surface area contributed by atoms with Crippen molar-refractivity contribution < 1.29 is 17.9 Å². The highest BCUT2D eigenvalue weighted by Crippen LogP contribution is 2.42. The number of nitrogens with one attached hydrogen (secondary N) is 1. The van der Waals surface area contributed by atoms with Gasteiger partial charge in [0.25, 0.3) is 0 Å². The largest absolute Gasteiger partial charge is 0.482 e. The Morgan fingerprint density at radius 3 is 1.80 bits per heavy atom. The molecule has 5 heteroatoms. The van der Waals surface area contributed by atoms with Gasteiger partial charge in [0.05, 0.1) is 5.69 Å². The maximum atomic E-state index is 12.9. The first-order valence-corrected chi connectivity index (χ1v) is 9.37. The standard InChI is InChI=1S/C25H18F3NO/c26-25(27,28)29-21-15-7-8-16-22(21)30-23-17-9-14-20(18-10-3-1-4-11-18)24(23)19-12-5-2-6-13-19/h1-17,29H. The second-order valence-corrected chi connectivity index (χ2v) is 6.63. The fourth-order valence-electron chi connectivity index (χ4n) is 3.31. The highest BCUT2D eigenvalue weighted by molar-refractivity contribution is 5.88. The van der Waals surface area contributed by atoms with Crippen LogP contribution in [0, 0.1) is 0 Å². The second-order valence-electron chi connectivity index (χ2n) is 6.63. The van der Waals surface area contributed by atoms with E-state index in [9.17, 15) is 13.2 Å². The Balaban J connectivity index is 1.84. The lowest BCUT2D eigenvalue weighted by Crippen LogP contribution is -2.20. The molecule has 0 aliphatic carbocycles. The average Bonchev–Trinajstić information content (AvgIpc) is 2.75. The minimum absolute atomic E-state index is 0.0946. The van der Waals surface area contributed by atoms with Crippen molar-refractivity contribution in [3.63, 3.8) is 0 Å². The fourth-order valence-corrected chi connectivity index (χ4v) is 3.31. The lowest BCUT2D eigenvalue weighted by Gasteiger charge is -2.19. The summed E-state index contributed by atoms with van der Waals surface area (Å²) in [5, 5.41) is 1.55. The molecule has 0 saturated carbocycles.